The Morgan fingerprint density at radius 1 is 1.43 bits per heavy atom. The van der Waals surface area contributed by atoms with Crippen LogP contribution in [-0.4, -0.2) is 37.0 Å². The standard InChI is InChI=1S/C9H15NO3S/c1-13-9(12)8(11)10-6-7-2-4-14-5-3-7/h7H,2-6H2,1H3,(H,10,11). The lowest BCUT2D eigenvalue weighted by Crippen LogP contribution is -2.36. The molecule has 0 aliphatic carbocycles. The van der Waals surface area contributed by atoms with Crippen LogP contribution in [-0.2, 0) is 14.3 Å². The fraction of sp³-hybridized carbons (Fsp3) is 0.778. The number of thioether (sulfide) groups is 1. The zero-order valence-electron chi connectivity index (χ0n) is 8.25. The number of rotatable bonds is 2. The topological polar surface area (TPSA) is 55.4 Å². The molecule has 0 spiro atoms. The van der Waals surface area contributed by atoms with Crippen molar-refractivity contribution >= 4 is 23.6 Å². The lowest BCUT2D eigenvalue weighted by molar-refractivity contribution is -0.152. The number of ether oxygens (including phenoxy) is 1. The van der Waals surface area contributed by atoms with E-state index in [0.717, 1.165) is 24.3 Å². The normalized spacial score (nSPS) is 17.5. The van der Waals surface area contributed by atoms with E-state index in [9.17, 15) is 9.59 Å². The van der Waals surface area contributed by atoms with Gasteiger partial charge in [-0.3, -0.25) is 4.79 Å². The van der Waals surface area contributed by atoms with Crippen LogP contribution < -0.4 is 5.32 Å². The summed E-state index contributed by atoms with van der Waals surface area (Å²) >= 11 is 1.94. The first-order valence-electron chi connectivity index (χ1n) is 4.68. The summed E-state index contributed by atoms with van der Waals surface area (Å²) in [6, 6.07) is 0. The molecule has 1 fully saturated rings. The molecule has 0 aromatic rings. The van der Waals surface area contributed by atoms with Gasteiger partial charge in [-0.2, -0.15) is 11.8 Å². The second kappa shape index (κ2) is 5.90. The number of hydrogen-bond acceptors (Lipinski definition) is 4. The van der Waals surface area contributed by atoms with Gasteiger partial charge >= 0.3 is 11.9 Å². The highest BCUT2D eigenvalue weighted by Gasteiger charge is 2.17. The Morgan fingerprint density at radius 2 is 2.07 bits per heavy atom. The molecule has 4 nitrogen and oxygen atoms in total. The average molecular weight is 217 g/mol. The Morgan fingerprint density at radius 3 is 2.64 bits per heavy atom. The van der Waals surface area contributed by atoms with Crippen LogP contribution in [0.4, 0.5) is 0 Å². The van der Waals surface area contributed by atoms with Crippen molar-refractivity contribution in [1.82, 2.24) is 5.32 Å². The molecule has 0 aromatic carbocycles. The quantitative estimate of drug-likeness (QED) is 0.538. The first-order valence-corrected chi connectivity index (χ1v) is 5.83. The number of methoxy groups -OCH3 is 1. The average Bonchev–Trinajstić information content (AvgIpc) is 2.26. The summed E-state index contributed by atoms with van der Waals surface area (Å²) in [5, 5.41) is 2.58. The monoisotopic (exact) mass is 217 g/mol. The minimum atomic E-state index is -0.810. The van der Waals surface area contributed by atoms with Crippen LogP contribution in [0.2, 0.25) is 0 Å². The van der Waals surface area contributed by atoms with Gasteiger partial charge in [0.15, 0.2) is 0 Å². The second-order valence-electron chi connectivity index (χ2n) is 3.26. The van der Waals surface area contributed by atoms with Crippen LogP contribution in [0.5, 0.6) is 0 Å². The smallest absolute Gasteiger partial charge is 0.396 e. The molecule has 1 aliphatic heterocycles. The van der Waals surface area contributed by atoms with E-state index in [2.05, 4.69) is 10.1 Å². The number of nitrogens with one attached hydrogen (secondary N) is 1. The van der Waals surface area contributed by atoms with Crippen molar-refractivity contribution in [3.8, 4) is 0 Å². The van der Waals surface area contributed by atoms with E-state index >= 15 is 0 Å². The van der Waals surface area contributed by atoms with Gasteiger partial charge in [0.25, 0.3) is 0 Å². The van der Waals surface area contributed by atoms with Crippen LogP contribution in [0.1, 0.15) is 12.8 Å². The molecule has 1 saturated heterocycles. The third-order valence-corrected chi connectivity index (χ3v) is 3.31. The van der Waals surface area contributed by atoms with E-state index in [1.807, 2.05) is 11.8 Å². The lowest BCUT2D eigenvalue weighted by Gasteiger charge is -2.20. The van der Waals surface area contributed by atoms with E-state index in [1.54, 1.807) is 0 Å². The van der Waals surface area contributed by atoms with Crippen LogP contribution in [0.25, 0.3) is 0 Å². The molecule has 0 aromatic heterocycles. The Hall–Kier alpha value is -0.710. The van der Waals surface area contributed by atoms with E-state index in [0.29, 0.717) is 12.5 Å². The molecular weight excluding hydrogens is 202 g/mol. The van der Waals surface area contributed by atoms with E-state index in [-0.39, 0.29) is 0 Å². The molecule has 0 radical (unpaired) electrons. The van der Waals surface area contributed by atoms with Gasteiger partial charge in [-0.15, -0.1) is 0 Å². The molecule has 0 saturated carbocycles. The maximum atomic E-state index is 11.0. The third kappa shape index (κ3) is 3.57. The summed E-state index contributed by atoms with van der Waals surface area (Å²) in [4.78, 5) is 21.8. The number of amides is 1. The van der Waals surface area contributed by atoms with Gasteiger partial charge in [-0.05, 0) is 30.3 Å². The van der Waals surface area contributed by atoms with Crippen molar-refractivity contribution in [3.05, 3.63) is 0 Å². The molecule has 1 aliphatic rings. The number of carbonyl (C=O) groups excluding carboxylic acids is 2. The van der Waals surface area contributed by atoms with Gasteiger partial charge < -0.3 is 10.1 Å². The number of hydrogen-bond donors (Lipinski definition) is 1. The molecule has 80 valence electrons. The predicted octanol–water partition coefficient (Wildman–Crippen LogP) is 0.419. The highest BCUT2D eigenvalue weighted by atomic mass is 32.2. The van der Waals surface area contributed by atoms with Crippen molar-refractivity contribution in [1.29, 1.82) is 0 Å². The fourth-order valence-corrected chi connectivity index (χ4v) is 2.56. The van der Waals surface area contributed by atoms with Crippen LogP contribution in [0.3, 0.4) is 0 Å². The maximum absolute atomic E-state index is 11.0. The summed E-state index contributed by atoms with van der Waals surface area (Å²) in [7, 11) is 1.21. The molecule has 1 N–H and O–H groups in total. The van der Waals surface area contributed by atoms with Crippen molar-refractivity contribution in [2.24, 2.45) is 5.92 Å². The van der Waals surface area contributed by atoms with Crippen molar-refractivity contribution in [3.63, 3.8) is 0 Å². The third-order valence-electron chi connectivity index (χ3n) is 2.26. The molecular formula is C9H15NO3S. The van der Waals surface area contributed by atoms with Gasteiger partial charge in [-0.25, -0.2) is 4.79 Å². The highest BCUT2D eigenvalue weighted by Crippen LogP contribution is 2.21. The summed E-state index contributed by atoms with van der Waals surface area (Å²) < 4.78 is 4.30. The Labute approximate surface area is 87.8 Å². The maximum Gasteiger partial charge on any atom is 0.396 e. The van der Waals surface area contributed by atoms with Crippen molar-refractivity contribution in [2.45, 2.75) is 12.8 Å². The summed E-state index contributed by atoms with van der Waals surface area (Å²) in [6.45, 7) is 0.592. The lowest BCUT2D eigenvalue weighted by atomic mass is 10.0. The van der Waals surface area contributed by atoms with Crippen molar-refractivity contribution < 1.29 is 14.3 Å². The van der Waals surface area contributed by atoms with E-state index < -0.39 is 11.9 Å². The molecule has 0 bridgehead atoms. The predicted molar refractivity (Wildman–Crippen MR) is 55.1 cm³/mol. The van der Waals surface area contributed by atoms with Crippen LogP contribution >= 0.6 is 11.8 Å². The zero-order chi connectivity index (χ0) is 10.4. The van der Waals surface area contributed by atoms with E-state index in [1.165, 1.54) is 7.11 Å². The Kier molecular flexibility index (Phi) is 4.79. The second-order valence-corrected chi connectivity index (χ2v) is 4.48. The van der Waals surface area contributed by atoms with Gasteiger partial charge in [0.2, 0.25) is 0 Å². The molecule has 14 heavy (non-hydrogen) atoms. The molecule has 1 amide bonds. The SMILES string of the molecule is COC(=O)C(=O)NCC1CCSCC1. The van der Waals surface area contributed by atoms with Gasteiger partial charge in [-0.1, -0.05) is 0 Å². The minimum absolute atomic E-state index is 0.518. The van der Waals surface area contributed by atoms with Crippen molar-refractivity contribution in [2.75, 3.05) is 25.2 Å². The fourth-order valence-electron chi connectivity index (χ4n) is 1.35. The first-order chi connectivity index (χ1) is 6.74. The highest BCUT2D eigenvalue weighted by molar-refractivity contribution is 7.99. The molecule has 1 heterocycles. The van der Waals surface area contributed by atoms with Gasteiger partial charge in [0.05, 0.1) is 7.11 Å². The molecule has 1 rings (SSSR count). The number of esters is 1. The van der Waals surface area contributed by atoms with Gasteiger partial charge in [0, 0.05) is 6.54 Å². The first kappa shape index (κ1) is 11.4. The minimum Gasteiger partial charge on any atom is -0.462 e. The summed E-state index contributed by atoms with van der Waals surface area (Å²) in [6.07, 6.45) is 2.23. The summed E-state index contributed by atoms with van der Waals surface area (Å²) in [5.41, 5.74) is 0. The zero-order valence-corrected chi connectivity index (χ0v) is 9.06. The number of carbonyl (C=O) groups is 2. The molecule has 0 atom stereocenters. The Bertz CT molecular complexity index is 214. The van der Waals surface area contributed by atoms with E-state index in [4.69, 9.17) is 0 Å². The molecule has 5 heteroatoms. The Balaban J connectivity index is 2.18. The van der Waals surface area contributed by atoms with Crippen LogP contribution in [0, 0.1) is 5.92 Å². The molecule has 0 unspecified atom stereocenters. The summed E-state index contributed by atoms with van der Waals surface area (Å²) in [5.74, 6) is 1.38. The van der Waals surface area contributed by atoms with Gasteiger partial charge in [0.1, 0.15) is 0 Å². The largest absolute Gasteiger partial charge is 0.462 e. The van der Waals surface area contributed by atoms with Crippen LogP contribution in [0.15, 0.2) is 0 Å².